The molecule has 0 aliphatic rings. The van der Waals surface area contributed by atoms with Crippen LogP contribution in [0.4, 0.5) is 0 Å². The number of alkyl halides is 1. The number of halogens is 1. The molecular formula is C7H16BrNO4S2. The van der Waals surface area contributed by atoms with Crippen molar-refractivity contribution in [1.29, 1.82) is 0 Å². The molecule has 0 heterocycles. The van der Waals surface area contributed by atoms with E-state index in [1.54, 1.807) is 0 Å². The first kappa shape index (κ1) is 15.3. The monoisotopic (exact) mass is 321 g/mol. The van der Waals surface area contributed by atoms with E-state index < -0.39 is 24.9 Å². The van der Waals surface area contributed by atoms with Crippen molar-refractivity contribution in [2.24, 2.45) is 0 Å². The maximum atomic E-state index is 11.2. The van der Waals surface area contributed by atoms with Gasteiger partial charge in [0.1, 0.15) is 0 Å². The maximum absolute atomic E-state index is 11.2. The van der Waals surface area contributed by atoms with E-state index in [9.17, 15) is 16.8 Å². The molecule has 0 saturated carbocycles. The van der Waals surface area contributed by atoms with Crippen molar-refractivity contribution in [1.82, 2.24) is 4.72 Å². The van der Waals surface area contributed by atoms with Crippen LogP contribution in [0, 0.1) is 0 Å². The van der Waals surface area contributed by atoms with Crippen LogP contribution in [0.15, 0.2) is 0 Å². The highest BCUT2D eigenvalue weighted by Crippen LogP contribution is 2.05. The van der Waals surface area contributed by atoms with Crippen LogP contribution in [0.1, 0.15) is 19.8 Å². The number of rotatable bonds is 7. The number of nitrogens with one attached hydrogen (secondary N) is 1. The molecule has 0 rings (SSSR count). The summed E-state index contributed by atoms with van der Waals surface area (Å²) in [5.41, 5.74) is 0. The molecule has 8 heteroatoms. The summed E-state index contributed by atoms with van der Waals surface area (Å²) in [7, 11) is -7.19. The zero-order valence-corrected chi connectivity index (χ0v) is 12.0. The fourth-order valence-electron chi connectivity index (χ4n) is 0.935. The molecule has 0 aromatic rings. The van der Waals surface area contributed by atoms with Gasteiger partial charge in [-0.3, -0.25) is 0 Å². The highest BCUT2D eigenvalue weighted by atomic mass is 79.9. The van der Waals surface area contributed by atoms with Gasteiger partial charge in [0, 0.05) is 17.6 Å². The first-order valence-electron chi connectivity index (χ1n) is 4.41. The summed E-state index contributed by atoms with van der Waals surface area (Å²) in [6.45, 7) is 2.23. The lowest BCUT2D eigenvalue weighted by Crippen LogP contribution is -2.30. The van der Waals surface area contributed by atoms with Gasteiger partial charge in [0.05, 0.1) is 0 Å². The van der Waals surface area contributed by atoms with Crippen LogP contribution in [-0.2, 0) is 19.9 Å². The molecule has 0 bridgehead atoms. The Labute approximate surface area is 99.7 Å². The van der Waals surface area contributed by atoms with Crippen molar-refractivity contribution >= 4 is 35.8 Å². The maximum Gasteiger partial charge on any atom is 0.226 e. The Balaban J connectivity index is 3.97. The number of sulfonamides is 1. The number of hydrogen-bond acceptors (Lipinski definition) is 4. The summed E-state index contributed by atoms with van der Waals surface area (Å²) in [4.78, 5) is 0.330. The minimum absolute atomic E-state index is 0.272. The summed E-state index contributed by atoms with van der Waals surface area (Å²) >= 11 is 3.33. The first-order chi connectivity index (χ1) is 6.62. The largest absolute Gasteiger partial charge is 0.228 e. The van der Waals surface area contributed by atoms with E-state index in [4.69, 9.17) is 0 Å². The molecule has 5 nitrogen and oxygen atoms in total. The predicted molar refractivity (Wildman–Crippen MR) is 64.3 cm³/mol. The number of sulfone groups is 1. The summed E-state index contributed by atoms with van der Waals surface area (Å²) < 4.78 is 46.1. The molecule has 1 N–H and O–H groups in total. The molecule has 0 saturated heterocycles. The van der Waals surface area contributed by atoms with E-state index in [0.717, 1.165) is 12.7 Å². The lowest BCUT2D eigenvalue weighted by molar-refractivity contribution is 0.577. The minimum atomic E-state index is -3.69. The average molecular weight is 322 g/mol. The molecule has 15 heavy (non-hydrogen) atoms. The van der Waals surface area contributed by atoms with E-state index in [-0.39, 0.29) is 6.54 Å². The summed E-state index contributed by atoms with van der Waals surface area (Å²) in [6.07, 6.45) is 2.41. The average Bonchev–Trinajstić information content (AvgIpc) is 1.93. The molecule has 0 aromatic carbocycles. The standard InChI is InChI=1S/C7H16BrNO4S2/c1-7(8)4-3-5-9-15(12,13)6-14(2,10)11/h7,9H,3-6H2,1-2H3. The fraction of sp³-hybridized carbons (Fsp3) is 1.00. The molecule has 0 aliphatic heterocycles. The van der Waals surface area contributed by atoms with Crippen molar-refractivity contribution in [2.75, 3.05) is 17.9 Å². The zero-order valence-electron chi connectivity index (χ0n) is 8.73. The minimum Gasteiger partial charge on any atom is -0.228 e. The Bertz CT molecular complexity index is 374. The van der Waals surface area contributed by atoms with Crippen LogP contribution in [-0.4, -0.2) is 39.5 Å². The molecule has 0 aromatic heterocycles. The summed E-state index contributed by atoms with van der Waals surface area (Å²) in [5.74, 6) is 0. The molecule has 0 amide bonds. The molecule has 0 spiro atoms. The highest BCUT2D eigenvalue weighted by molar-refractivity contribution is 9.09. The lowest BCUT2D eigenvalue weighted by Gasteiger charge is -2.06. The van der Waals surface area contributed by atoms with Crippen LogP contribution >= 0.6 is 15.9 Å². The smallest absolute Gasteiger partial charge is 0.226 e. The van der Waals surface area contributed by atoms with Gasteiger partial charge in [-0.2, -0.15) is 0 Å². The van der Waals surface area contributed by atoms with Gasteiger partial charge >= 0.3 is 0 Å². The van der Waals surface area contributed by atoms with Crippen LogP contribution in [0.25, 0.3) is 0 Å². The van der Waals surface area contributed by atoms with E-state index in [1.165, 1.54) is 0 Å². The second kappa shape index (κ2) is 6.17. The Kier molecular flexibility index (Phi) is 6.31. The third-order valence-corrected chi connectivity index (χ3v) is 5.53. The van der Waals surface area contributed by atoms with Gasteiger partial charge in [-0.1, -0.05) is 22.9 Å². The van der Waals surface area contributed by atoms with Gasteiger partial charge in [-0.15, -0.1) is 0 Å². The summed E-state index contributed by atoms with van der Waals surface area (Å²) in [5, 5.41) is -0.843. The molecule has 1 atom stereocenters. The normalized spacial score (nSPS) is 15.1. The van der Waals surface area contributed by atoms with E-state index in [0.29, 0.717) is 11.2 Å². The van der Waals surface area contributed by atoms with Gasteiger partial charge in [0.25, 0.3) is 0 Å². The Morgan fingerprint density at radius 3 is 2.20 bits per heavy atom. The molecule has 92 valence electrons. The fourth-order valence-corrected chi connectivity index (χ4v) is 4.30. The summed E-state index contributed by atoms with van der Waals surface area (Å²) in [6, 6.07) is 0. The van der Waals surface area contributed by atoms with Gasteiger partial charge in [-0.05, 0) is 12.8 Å². The van der Waals surface area contributed by atoms with Crippen LogP contribution in [0.5, 0.6) is 0 Å². The second-order valence-corrected chi connectivity index (χ2v) is 9.35. The molecule has 1 unspecified atom stereocenters. The predicted octanol–water partition coefficient (Wildman–Crippen LogP) is 0.472. The first-order valence-corrected chi connectivity index (χ1v) is 9.04. The van der Waals surface area contributed by atoms with E-state index in [2.05, 4.69) is 20.7 Å². The van der Waals surface area contributed by atoms with E-state index in [1.807, 2.05) is 6.92 Å². The Hall–Kier alpha value is 0.340. The van der Waals surface area contributed by atoms with Crippen molar-refractivity contribution in [3.8, 4) is 0 Å². The zero-order chi connectivity index (χ0) is 12.1. The van der Waals surface area contributed by atoms with Crippen molar-refractivity contribution in [3.63, 3.8) is 0 Å². The van der Waals surface area contributed by atoms with Crippen molar-refractivity contribution < 1.29 is 16.8 Å². The quantitative estimate of drug-likeness (QED) is 0.546. The number of hydrogen-bond donors (Lipinski definition) is 1. The lowest BCUT2D eigenvalue weighted by atomic mass is 10.2. The Morgan fingerprint density at radius 1 is 1.27 bits per heavy atom. The van der Waals surface area contributed by atoms with Crippen LogP contribution in [0.3, 0.4) is 0 Å². The molecule has 0 radical (unpaired) electrons. The molecule has 0 fully saturated rings. The molecular weight excluding hydrogens is 306 g/mol. The van der Waals surface area contributed by atoms with Crippen LogP contribution in [0.2, 0.25) is 0 Å². The van der Waals surface area contributed by atoms with Gasteiger partial charge < -0.3 is 0 Å². The molecule has 0 aliphatic carbocycles. The van der Waals surface area contributed by atoms with Gasteiger partial charge in [-0.25, -0.2) is 21.6 Å². The van der Waals surface area contributed by atoms with Crippen molar-refractivity contribution in [3.05, 3.63) is 0 Å². The van der Waals surface area contributed by atoms with Gasteiger partial charge in [0.15, 0.2) is 14.9 Å². The van der Waals surface area contributed by atoms with Crippen molar-refractivity contribution in [2.45, 2.75) is 24.6 Å². The second-order valence-electron chi connectivity index (χ2n) is 3.48. The highest BCUT2D eigenvalue weighted by Gasteiger charge is 2.16. The van der Waals surface area contributed by atoms with E-state index >= 15 is 0 Å². The third kappa shape index (κ3) is 10.6. The Morgan fingerprint density at radius 2 is 1.80 bits per heavy atom. The SMILES string of the molecule is CC(Br)CCCNS(=O)(=O)CS(C)(=O)=O. The van der Waals surface area contributed by atoms with Gasteiger partial charge in [0.2, 0.25) is 10.0 Å². The van der Waals surface area contributed by atoms with Crippen LogP contribution < -0.4 is 4.72 Å². The topological polar surface area (TPSA) is 80.3 Å². The third-order valence-electron chi connectivity index (χ3n) is 1.47.